The second kappa shape index (κ2) is 6.46. The predicted molar refractivity (Wildman–Crippen MR) is 94.6 cm³/mol. The molecule has 0 amide bonds. The van der Waals surface area contributed by atoms with Crippen molar-refractivity contribution in [2.75, 3.05) is 13.3 Å². The minimum absolute atomic E-state index is 0.544. The van der Waals surface area contributed by atoms with Crippen molar-refractivity contribution >= 4 is 69.9 Å². The van der Waals surface area contributed by atoms with Crippen molar-refractivity contribution in [2.45, 2.75) is 5.66 Å². The molecule has 1 fully saturated rings. The molecular weight excluding hydrogens is 373 g/mol. The second-order valence-electron chi connectivity index (χ2n) is 3.95. The van der Waals surface area contributed by atoms with Crippen LogP contribution in [0.2, 0.25) is 0 Å². The lowest BCUT2D eigenvalue weighted by Crippen LogP contribution is -2.61. The number of nitrogens with zero attached hydrogens (tertiary/aromatic N) is 6. The Morgan fingerprint density at radius 3 is 2.30 bits per heavy atom. The van der Waals surface area contributed by atoms with Crippen LogP contribution in [-0.2, 0) is 5.66 Å². The number of aromatic nitrogens is 3. The molecule has 2 aliphatic heterocycles. The van der Waals surface area contributed by atoms with E-state index in [1.807, 2.05) is 8.61 Å². The van der Waals surface area contributed by atoms with Crippen LogP contribution >= 0.6 is 69.9 Å². The Labute approximate surface area is 145 Å². The smallest absolute Gasteiger partial charge is 0.189 e. The Morgan fingerprint density at radius 1 is 1.10 bits per heavy atom. The van der Waals surface area contributed by atoms with Crippen molar-refractivity contribution < 1.29 is 0 Å². The van der Waals surface area contributed by atoms with Gasteiger partial charge in [0.1, 0.15) is 12.7 Å². The van der Waals surface area contributed by atoms with E-state index in [0.717, 1.165) is 4.91 Å². The van der Waals surface area contributed by atoms with Gasteiger partial charge in [0.05, 0.1) is 13.3 Å². The molecule has 12 heteroatoms. The fraction of sp³-hybridized carbons (Fsp3) is 0.375. The third-order valence-electron chi connectivity index (χ3n) is 2.81. The first-order chi connectivity index (χ1) is 9.65. The van der Waals surface area contributed by atoms with E-state index in [9.17, 15) is 0 Å². The van der Waals surface area contributed by atoms with Crippen molar-refractivity contribution in [1.29, 1.82) is 0 Å². The summed E-state index contributed by atoms with van der Waals surface area (Å²) in [5.41, 5.74) is -0.727. The quantitative estimate of drug-likeness (QED) is 0.528. The average Bonchev–Trinajstić information content (AvgIpc) is 2.94. The molecule has 6 nitrogen and oxygen atoms in total. The van der Waals surface area contributed by atoms with E-state index >= 15 is 0 Å². The molecule has 0 spiro atoms. The standard InChI is InChI=1S/C8H10N6S6/c15-12-4-13(16)8(14(17)5-12,6-1-18-20-19-6)7-10-2-9-3-11-7/h1-3,15-17H,4-5H2. The molecule has 0 aliphatic carbocycles. The van der Waals surface area contributed by atoms with E-state index in [1.165, 1.54) is 12.7 Å². The van der Waals surface area contributed by atoms with Crippen LogP contribution in [0.15, 0.2) is 23.0 Å². The Hall–Kier alpha value is 0.730. The molecule has 0 bridgehead atoms. The lowest BCUT2D eigenvalue weighted by molar-refractivity contribution is 0.0136. The zero-order valence-electron chi connectivity index (χ0n) is 9.90. The highest BCUT2D eigenvalue weighted by molar-refractivity contribution is 9.11. The van der Waals surface area contributed by atoms with Crippen LogP contribution in [0.25, 0.3) is 0 Å². The summed E-state index contributed by atoms with van der Waals surface area (Å²) in [6.45, 7) is 1.09. The van der Waals surface area contributed by atoms with Gasteiger partial charge in [-0.05, 0) is 26.0 Å². The highest BCUT2D eigenvalue weighted by Gasteiger charge is 2.52. The Kier molecular flexibility index (Phi) is 5.05. The fourth-order valence-electron chi connectivity index (χ4n) is 1.99. The van der Waals surface area contributed by atoms with Crippen molar-refractivity contribution in [3.05, 3.63) is 28.8 Å². The zero-order chi connectivity index (χ0) is 14.2. The molecule has 0 radical (unpaired) electrons. The summed E-state index contributed by atoms with van der Waals surface area (Å²) in [5, 5.41) is 2.08. The van der Waals surface area contributed by atoms with E-state index in [1.54, 1.807) is 35.7 Å². The summed E-state index contributed by atoms with van der Waals surface area (Å²) in [6.07, 6.45) is 2.97. The van der Waals surface area contributed by atoms with Gasteiger partial charge >= 0.3 is 0 Å². The molecule has 0 atom stereocenters. The van der Waals surface area contributed by atoms with E-state index in [2.05, 4.69) is 58.8 Å². The molecule has 108 valence electrons. The molecule has 3 rings (SSSR count). The third-order valence-corrected chi connectivity index (χ3v) is 7.69. The Morgan fingerprint density at radius 2 is 1.75 bits per heavy atom. The molecule has 1 aromatic rings. The molecule has 0 saturated carbocycles. The van der Waals surface area contributed by atoms with Gasteiger partial charge in [-0.25, -0.2) is 27.9 Å². The summed E-state index contributed by atoms with van der Waals surface area (Å²) in [4.78, 5) is 13.6. The van der Waals surface area contributed by atoms with Crippen LogP contribution < -0.4 is 0 Å². The lowest BCUT2D eigenvalue weighted by Gasteiger charge is -2.50. The first-order valence-corrected chi connectivity index (χ1v) is 10.1. The van der Waals surface area contributed by atoms with Crippen LogP contribution in [0.4, 0.5) is 0 Å². The highest BCUT2D eigenvalue weighted by atomic mass is 33.5. The van der Waals surface area contributed by atoms with Gasteiger partial charge < -0.3 is 0 Å². The van der Waals surface area contributed by atoms with Crippen molar-refractivity contribution in [1.82, 2.24) is 27.9 Å². The highest BCUT2D eigenvalue weighted by Crippen LogP contribution is 2.58. The lowest BCUT2D eigenvalue weighted by atomic mass is 10.1. The van der Waals surface area contributed by atoms with Crippen LogP contribution in [0, 0.1) is 0 Å². The largest absolute Gasteiger partial charge is 0.225 e. The molecule has 3 heterocycles. The number of hydrogen-bond acceptors (Lipinski definition) is 12. The maximum absolute atomic E-state index is 4.63. The van der Waals surface area contributed by atoms with Crippen LogP contribution in [0.1, 0.15) is 5.82 Å². The summed E-state index contributed by atoms with van der Waals surface area (Å²) in [6, 6.07) is 0. The summed E-state index contributed by atoms with van der Waals surface area (Å²) < 4.78 is 5.47. The Balaban J connectivity index is 2.12. The minimum atomic E-state index is -0.727. The van der Waals surface area contributed by atoms with Gasteiger partial charge in [-0.3, -0.25) is 0 Å². The fourth-order valence-corrected chi connectivity index (χ4v) is 7.69. The Bertz CT molecular complexity index is 501. The number of thiol groups is 3. The average molecular weight is 383 g/mol. The third kappa shape index (κ3) is 2.58. The van der Waals surface area contributed by atoms with Crippen molar-refractivity contribution in [2.24, 2.45) is 0 Å². The molecule has 2 aliphatic rings. The minimum Gasteiger partial charge on any atom is -0.225 e. The maximum atomic E-state index is 4.63. The van der Waals surface area contributed by atoms with Gasteiger partial charge in [-0.2, -0.15) is 0 Å². The summed E-state index contributed by atoms with van der Waals surface area (Å²) >= 11 is 13.6. The van der Waals surface area contributed by atoms with E-state index in [0.29, 0.717) is 19.2 Å². The molecular formula is C8H10N6S6. The number of rotatable bonds is 2. The SMILES string of the molecule is SN1CN(S)C(C2=CSSS2)(c2ncncn2)N(S)C1. The van der Waals surface area contributed by atoms with Crippen molar-refractivity contribution in [3.8, 4) is 0 Å². The second-order valence-corrected chi connectivity index (χ2v) is 9.36. The summed E-state index contributed by atoms with van der Waals surface area (Å²) in [7, 11) is 5.02. The van der Waals surface area contributed by atoms with E-state index < -0.39 is 5.66 Å². The molecule has 0 unspecified atom stereocenters. The van der Waals surface area contributed by atoms with Gasteiger partial charge in [0.15, 0.2) is 11.5 Å². The first-order valence-electron chi connectivity index (χ1n) is 5.35. The molecule has 1 saturated heterocycles. The van der Waals surface area contributed by atoms with Crippen LogP contribution in [0.3, 0.4) is 0 Å². The van der Waals surface area contributed by atoms with Crippen LogP contribution in [0.5, 0.6) is 0 Å². The maximum Gasteiger partial charge on any atom is 0.189 e. The molecule has 1 aromatic heterocycles. The van der Waals surface area contributed by atoms with Gasteiger partial charge in [0.2, 0.25) is 0 Å². The van der Waals surface area contributed by atoms with Gasteiger partial charge in [0, 0.05) is 4.91 Å². The zero-order valence-corrected chi connectivity index (χ0v) is 15.0. The normalized spacial score (nSPS) is 24.9. The topological polar surface area (TPSA) is 48.4 Å². The molecule has 0 aromatic carbocycles. The predicted octanol–water partition coefficient (Wildman–Crippen LogP) is 2.28. The van der Waals surface area contributed by atoms with Crippen molar-refractivity contribution in [3.63, 3.8) is 0 Å². The van der Waals surface area contributed by atoms with E-state index in [4.69, 9.17) is 0 Å². The monoisotopic (exact) mass is 382 g/mol. The van der Waals surface area contributed by atoms with Gasteiger partial charge in [-0.1, -0.05) is 49.2 Å². The van der Waals surface area contributed by atoms with Gasteiger partial charge in [0.25, 0.3) is 0 Å². The molecule has 0 N–H and O–H groups in total. The van der Waals surface area contributed by atoms with E-state index in [-0.39, 0.29) is 0 Å². The number of hydrogen-bond donors (Lipinski definition) is 3. The van der Waals surface area contributed by atoms with Gasteiger partial charge in [-0.15, -0.1) is 0 Å². The first kappa shape index (κ1) is 15.6. The summed E-state index contributed by atoms with van der Waals surface area (Å²) in [5.74, 6) is 0.598. The van der Waals surface area contributed by atoms with Crippen LogP contribution in [-0.4, -0.2) is 41.2 Å². The molecule has 20 heavy (non-hydrogen) atoms.